The van der Waals surface area contributed by atoms with Crippen molar-refractivity contribution >= 4 is 5.57 Å². The van der Waals surface area contributed by atoms with Gasteiger partial charge in [-0.25, -0.2) is 0 Å². The normalized spacial score (nSPS) is 30.6. The van der Waals surface area contributed by atoms with Crippen LogP contribution in [0.4, 0.5) is 0 Å². The van der Waals surface area contributed by atoms with Crippen LogP contribution in [0.2, 0.25) is 0 Å². The first kappa shape index (κ1) is 18.1. The van der Waals surface area contributed by atoms with Crippen LogP contribution in [-0.4, -0.2) is 57.7 Å². The van der Waals surface area contributed by atoms with Gasteiger partial charge in [-0.3, -0.25) is 0 Å². The van der Waals surface area contributed by atoms with E-state index in [4.69, 9.17) is 29.5 Å². The topological polar surface area (TPSA) is 160 Å². The summed E-state index contributed by atoms with van der Waals surface area (Å²) >= 11 is 0. The van der Waals surface area contributed by atoms with Crippen LogP contribution in [-0.2, 0) is 16.1 Å². The van der Waals surface area contributed by atoms with Crippen LogP contribution in [0.3, 0.4) is 0 Å². The van der Waals surface area contributed by atoms with Crippen molar-refractivity contribution < 1.29 is 34.3 Å². The summed E-state index contributed by atoms with van der Waals surface area (Å²) in [5.41, 5.74) is 0.0524. The maximum Gasteiger partial charge on any atom is 0.187 e. The lowest BCUT2D eigenvalue weighted by Gasteiger charge is -2.39. The van der Waals surface area contributed by atoms with Gasteiger partial charge in [-0.2, -0.15) is 10.5 Å². The number of rotatable bonds is 5. The molecule has 2 rings (SSSR count). The zero-order chi connectivity index (χ0) is 17.7. The van der Waals surface area contributed by atoms with Crippen LogP contribution >= 0.6 is 0 Å². The minimum atomic E-state index is -1.53. The Morgan fingerprint density at radius 3 is 2.58 bits per heavy atom. The molecule has 1 aromatic heterocycles. The van der Waals surface area contributed by atoms with Crippen molar-refractivity contribution in [2.45, 2.75) is 37.3 Å². The molecule has 5 atom stereocenters. The second kappa shape index (κ2) is 8.04. The maximum atomic E-state index is 9.84. The molecule has 1 aromatic rings. The van der Waals surface area contributed by atoms with Crippen molar-refractivity contribution in [2.75, 3.05) is 6.61 Å². The predicted octanol–water partition coefficient (Wildman–Crippen LogP) is -0.973. The number of allylic oxidation sites excluding steroid dienone is 2. The Morgan fingerprint density at radius 2 is 1.96 bits per heavy atom. The van der Waals surface area contributed by atoms with Crippen molar-refractivity contribution in [2.24, 2.45) is 0 Å². The smallest absolute Gasteiger partial charge is 0.187 e. The highest BCUT2D eigenvalue weighted by Crippen LogP contribution is 2.24. The summed E-state index contributed by atoms with van der Waals surface area (Å²) in [6.45, 7) is -0.714. The van der Waals surface area contributed by atoms with Gasteiger partial charge in [0.25, 0.3) is 0 Å². The van der Waals surface area contributed by atoms with Crippen LogP contribution in [0.15, 0.2) is 22.6 Å². The van der Waals surface area contributed by atoms with Gasteiger partial charge in [0.15, 0.2) is 6.29 Å². The third kappa shape index (κ3) is 3.80. The van der Waals surface area contributed by atoms with Crippen LogP contribution in [0.5, 0.6) is 0 Å². The fourth-order valence-corrected chi connectivity index (χ4v) is 2.19. The molecule has 0 unspecified atom stereocenters. The third-order valence-corrected chi connectivity index (χ3v) is 3.49. The highest BCUT2D eigenvalue weighted by atomic mass is 16.7. The minimum Gasteiger partial charge on any atom is -0.458 e. The van der Waals surface area contributed by atoms with Gasteiger partial charge in [-0.1, -0.05) is 0 Å². The Labute approximate surface area is 137 Å². The average Bonchev–Trinajstić information content (AvgIpc) is 3.05. The number of aliphatic hydroxyl groups is 4. The summed E-state index contributed by atoms with van der Waals surface area (Å²) in [7, 11) is 0. The van der Waals surface area contributed by atoms with Gasteiger partial charge in [0.05, 0.1) is 12.7 Å². The molecule has 0 amide bonds. The summed E-state index contributed by atoms with van der Waals surface area (Å²) in [6, 6.07) is 6.55. The molecule has 24 heavy (non-hydrogen) atoms. The Bertz CT molecular complexity index is 670. The van der Waals surface area contributed by atoms with Crippen molar-refractivity contribution in [1.29, 1.82) is 10.5 Å². The Hall–Kier alpha value is -2.24. The SMILES string of the molecule is N#CC=C(C#N)c1ccc(CO[C@@H]2O[C@H](CO)[C@@H](O)[C@H](O)[C@H]2O)o1. The van der Waals surface area contributed by atoms with Gasteiger partial charge >= 0.3 is 0 Å². The molecule has 128 valence electrons. The number of nitriles is 2. The number of nitrogens with zero attached hydrogens (tertiary/aromatic N) is 2. The molecule has 0 spiro atoms. The first-order valence-electron chi connectivity index (χ1n) is 7.03. The molecule has 0 bridgehead atoms. The minimum absolute atomic E-state index is 0.0524. The van der Waals surface area contributed by atoms with Crippen molar-refractivity contribution in [1.82, 2.24) is 0 Å². The van der Waals surface area contributed by atoms with E-state index in [9.17, 15) is 15.3 Å². The first-order chi connectivity index (χ1) is 11.5. The van der Waals surface area contributed by atoms with Gasteiger partial charge < -0.3 is 34.3 Å². The summed E-state index contributed by atoms with van der Waals surface area (Å²) in [5, 5.41) is 55.8. The summed E-state index contributed by atoms with van der Waals surface area (Å²) in [6.07, 6.45) is -5.80. The maximum absolute atomic E-state index is 9.84. The lowest BCUT2D eigenvalue weighted by Crippen LogP contribution is -2.59. The Morgan fingerprint density at radius 1 is 1.21 bits per heavy atom. The molecule has 1 aliphatic heterocycles. The zero-order valence-electron chi connectivity index (χ0n) is 12.4. The average molecular weight is 336 g/mol. The molecule has 1 saturated heterocycles. The van der Waals surface area contributed by atoms with E-state index < -0.39 is 37.3 Å². The molecular weight excluding hydrogens is 320 g/mol. The summed E-state index contributed by atoms with van der Waals surface area (Å²) in [4.78, 5) is 0. The van der Waals surface area contributed by atoms with Gasteiger partial charge in [-0.15, -0.1) is 0 Å². The molecule has 9 nitrogen and oxygen atoms in total. The predicted molar refractivity (Wildman–Crippen MR) is 76.5 cm³/mol. The molecule has 2 heterocycles. The molecular formula is C15H16N2O7. The van der Waals surface area contributed by atoms with Crippen molar-refractivity contribution in [3.05, 3.63) is 29.7 Å². The second-order valence-corrected chi connectivity index (χ2v) is 5.07. The molecule has 0 aromatic carbocycles. The molecule has 1 fully saturated rings. The number of hydrogen-bond acceptors (Lipinski definition) is 9. The van der Waals surface area contributed by atoms with Crippen LogP contribution in [0.1, 0.15) is 11.5 Å². The van der Waals surface area contributed by atoms with Crippen molar-refractivity contribution in [3.8, 4) is 12.1 Å². The van der Waals surface area contributed by atoms with Crippen LogP contribution < -0.4 is 0 Å². The zero-order valence-corrected chi connectivity index (χ0v) is 12.4. The number of furan rings is 1. The number of aliphatic hydroxyl groups excluding tert-OH is 4. The molecule has 4 N–H and O–H groups in total. The largest absolute Gasteiger partial charge is 0.458 e. The second-order valence-electron chi connectivity index (χ2n) is 5.07. The van der Waals surface area contributed by atoms with E-state index in [1.165, 1.54) is 12.1 Å². The quantitative estimate of drug-likeness (QED) is 0.496. The monoisotopic (exact) mass is 336 g/mol. The van der Waals surface area contributed by atoms with Crippen molar-refractivity contribution in [3.63, 3.8) is 0 Å². The van der Waals surface area contributed by atoms with Gasteiger partial charge in [-0.05, 0) is 12.1 Å². The lowest BCUT2D eigenvalue weighted by molar-refractivity contribution is -0.304. The van der Waals surface area contributed by atoms with Crippen LogP contribution in [0, 0.1) is 22.7 Å². The van der Waals surface area contributed by atoms with E-state index in [0.717, 1.165) is 6.08 Å². The number of ether oxygens (including phenoxy) is 2. The fraction of sp³-hybridized carbons (Fsp3) is 0.467. The molecule has 9 heteroatoms. The molecule has 0 aliphatic carbocycles. The van der Waals surface area contributed by atoms with E-state index in [2.05, 4.69) is 0 Å². The highest BCUT2D eigenvalue weighted by Gasteiger charge is 2.44. The van der Waals surface area contributed by atoms with Gasteiger partial charge in [0.1, 0.15) is 54.2 Å². The summed E-state index contributed by atoms with van der Waals surface area (Å²) < 4.78 is 15.8. The fourth-order valence-electron chi connectivity index (χ4n) is 2.19. The van der Waals surface area contributed by atoms with E-state index >= 15 is 0 Å². The van der Waals surface area contributed by atoms with Gasteiger partial charge in [0.2, 0.25) is 0 Å². The lowest BCUT2D eigenvalue weighted by atomic mass is 9.99. The highest BCUT2D eigenvalue weighted by molar-refractivity contribution is 5.75. The summed E-state index contributed by atoms with van der Waals surface area (Å²) in [5.74, 6) is 0.479. The number of hydrogen-bond donors (Lipinski definition) is 4. The first-order valence-corrected chi connectivity index (χ1v) is 7.03. The van der Waals surface area contributed by atoms with Gasteiger partial charge in [0, 0.05) is 6.08 Å². The standard InChI is InChI=1S/C15H16N2O7/c16-4-3-8(5-17)10-2-1-9(23-10)7-22-15-14(21)13(20)12(19)11(6-18)24-15/h1-3,11-15,18-21H,6-7H2/t11-,12-,13+,14-,15-/m1/s1. The van der Waals surface area contributed by atoms with E-state index in [1.807, 2.05) is 6.07 Å². The van der Waals surface area contributed by atoms with E-state index in [0.29, 0.717) is 5.76 Å². The molecule has 0 radical (unpaired) electrons. The Kier molecular flexibility index (Phi) is 6.06. The molecule has 0 saturated carbocycles. The van der Waals surface area contributed by atoms with Crippen LogP contribution in [0.25, 0.3) is 5.57 Å². The molecule has 1 aliphatic rings. The van der Waals surface area contributed by atoms with E-state index in [-0.39, 0.29) is 17.9 Å². The third-order valence-electron chi connectivity index (χ3n) is 3.49. The Balaban J connectivity index is 2.01. The van der Waals surface area contributed by atoms with E-state index in [1.54, 1.807) is 6.07 Å².